The minimum Gasteiger partial charge on any atom is -0.379 e. The molecule has 1 aromatic carbocycles. The van der Waals surface area contributed by atoms with Gasteiger partial charge in [-0.05, 0) is 25.8 Å². The van der Waals surface area contributed by atoms with Gasteiger partial charge >= 0.3 is 0 Å². The first-order valence-electron chi connectivity index (χ1n) is 12.0. The third kappa shape index (κ3) is 6.79. The molecular weight excluding hydrogens is 517 g/mol. The van der Waals surface area contributed by atoms with Crippen molar-refractivity contribution in [1.82, 2.24) is 20.0 Å². The first-order valence-corrected chi connectivity index (χ1v) is 12.0. The van der Waals surface area contributed by atoms with Crippen LogP contribution in [0.4, 0.5) is 0 Å². The van der Waals surface area contributed by atoms with Crippen molar-refractivity contribution in [2.24, 2.45) is 4.99 Å². The second-order valence-electron chi connectivity index (χ2n) is 8.81. The van der Waals surface area contributed by atoms with Gasteiger partial charge in [-0.25, -0.2) is 0 Å². The van der Waals surface area contributed by atoms with Crippen molar-refractivity contribution in [2.45, 2.75) is 32.4 Å². The highest BCUT2D eigenvalue weighted by Gasteiger charge is 2.30. The Morgan fingerprint density at radius 3 is 2.34 bits per heavy atom. The number of likely N-dealkylation sites (tertiary alicyclic amines) is 1. The number of nitrogens with zero attached hydrogens (tertiary/aromatic N) is 4. The topological polar surface area (TPSA) is 52.6 Å². The summed E-state index contributed by atoms with van der Waals surface area (Å²) in [4.78, 5) is 12.7. The zero-order valence-corrected chi connectivity index (χ0v) is 22.0. The van der Waals surface area contributed by atoms with Gasteiger partial charge < -0.3 is 19.7 Å². The van der Waals surface area contributed by atoms with Gasteiger partial charge in [0.05, 0.1) is 39.0 Å². The summed E-state index contributed by atoms with van der Waals surface area (Å²) < 4.78 is 11.1. The van der Waals surface area contributed by atoms with Gasteiger partial charge in [0.2, 0.25) is 0 Å². The molecule has 3 aliphatic rings. The SMILES string of the molecule is CCNC(=NCC(c1ccc(C)cc1)N1CCOCC1)N1CCC(N2CCOCC2)C1.I. The van der Waals surface area contributed by atoms with E-state index in [9.17, 15) is 0 Å². The van der Waals surface area contributed by atoms with E-state index in [-0.39, 0.29) is 30.0 Å². The van der Waals surface area contributed by atoms with Crippen molar-refractivity contribution in [3.63, 3.8) is 0 Å². The van der Waals surface area contributed by atoms with Crippen LogP contribution >= 0.6 is 24.0 Å². The Balaban J connectivity index is 0.00000289. The summed E-state index contributed by atoms with van der Waals surface area (Å²) in [7, 11) is 0. The second kappa shape index (κ2) is 13.1. The molecule has 4 rings (SSSR count). The molecule has 3 heterocycles. The number of guanidine groups is 1. The quantitative estimate of drug-likeness (QED) is 0.330. The van der Waals surface area contributed by atoms with Crippen molar-refractivity contribution < 1.29 is 9.47 Å². The zero-order chi connectivity index (χ0) is 21.5. The Hall–Kier alpha value is -0.940. The third-order valence-corrected chi connectivity index (χ3v) is 6.72. The molecule has 3 fully saturated rings. The van der Waals surface area contributed by atoms with Crippen LogP contribution in [0, 0.1) is 6.92 Å². The number of nitrogens with one attached hydrogen (secondary N) is 1. The molecule has 8 heteroatoms. The maximum atomic E-state index is 5.61. The summed E-state index contributed by atoms with van der Waals surface area (Å²) >= 11 is 0. The molecule has 180 valence electrons. The minimum absolute atomic E-state index is 0. The number of halogens is 1. The fourth-order valence-electron chi connectivity index (χ4n) is 4.88. The summed E-state index contributed by atoms with van der Waals surface area (Å²) in [5.74, 6) is 1.06. The summed E-state index contributed by atoms with van der Waals surface area (Å²) in [5.41, 5.74) is 2.65. The molecule has 0 bridgehead atoms. The standard InChI is InChI=1S/C24H39N5O2.HI/c1-3-25-24(29-9-8-22(19-29)27-10-14-30-15-11-27)26-18-23(28-12-16-31-17-13-28)21-6-4-20(2)5-7-21;/h4-7,22-23H,3,8-19H2,1-2H3,(H,25,26);1H. The van der Waals surface area contributed by atoms with E-state index in [2.05, 4.69) is 58.1 Å². The van der Waals surface area contributed by atoms with Crippen LogP contribution in [0.25, 0.3) is 0 Å². The number of aryl methyl sites for hydroxylation is 1. The number of ether oxygens (including phenoxy) is 2. The number of aliphatic imine (C=N–C) groups is 1. The van der Waals surface area contributed by atoms with E-state index in [1.54, 1.807) is 0 Å². The van der Waals surface area contributed by atoms with E-state index in [0.717, 1.165) is 84.7 Å². The number of hydrogen-bond donors (Lipinski definition) is 1. The van der Waals surface area contributed by atoms with Crippen LogP contribution in [0.5, 0.6) is 0 Å². The normalized spacial score (nSPS) is 24.2. The monoisotopic (exact) mass is 557 g/mol. The maximum absolute atomic E-state index is 5.61. The average Bonchev–Trinajstić information content (AvgIpc) is 3.31. The highest BCUT2D eigenvalue weighted by atomic mass is 127. The molecule has 0 aromatic heterocycles. The molecule has 32 heavy (non-hydrogen) atoms. The summed E-state index contributed by atoms with van der Waals surface area (Å²) in [6.45, 7) is 15.5. The van der Waals surface area contributed by atoms with Crippen LogP contribution in [0.15, 0.2) is 29.3 Å². The van der Waals surface area contributed by atoms with E-state index < -0.39 is 0 Å². The first-order chi connectivity index (χ1) is 15.2. The lowest BCUT2D eigenvalue weighted by Gasteiger charge is -2.34. The lowest BCUT2D eigenvalue weighted by Crippen LogP contribution is -2.47. The number of hydrogen-bond acceptors (Lipinski definition) is 5. The van der Waals surface area contributed by atoms with Crippen LogP contribution in [-0.2, 0) is 9.47 Å². The third-order valence-electron chi connectivity index (χ3n) is 6.72. The maximum Gasteiger partial charge on any atom is 0.194 e. The van der Waals surface area contributed by atoms with Gasteiger partial charge in [-0.15, -0.1) is 24.0 Å². The zero-order valence-electron chi connectivity index (χ0n) is 19.7. The molecule has 0 amide bonds. The molecule has 0 radical (unpaired) electrons. The van der Waals surface area contributed by atoms with E-state index in [0.29, 0.717) is 6.04 Å². The molecule has 3 saturated heterocycles. The smallest absolute Gasteiger partial charge is 0.194 e. The predicted molar refractivity (Wildman–Crippen MR) is 140 cm³/mol. The molecule has 1 N–H and O–H groups in total. The van der Waals surface area contributed by atoms with Crippen molar-refractivity contribution in [1.29, 1.82) is 0 Å². The van der Waals surface area contributed by atoms with Crippen molar-refractivity contribution in [2.75, 3.05) is 78.8 Å². The lowest BCUT2D eigenvalue weighted by molar-refractivity contribution is 0.0178. The Kier molecular flexibility index (Phi) is 10.5. The van der Waals surface area contributed by atoms with Crippen LogP contribution in [0.3, 0.4) is 0 Å². The van der Waals surface area contributed by atoms with E-state index in [4.69, 9.17) is 14.5 Å². The molecular formula is C24H40IN5O2. The highest BCUT2D eigenvalue weighted by molar-refractivity contribution is 14.0. The van der Waals surface area contributed by atoms with Crippen molar-refractivity contribution >= 4 is 29.9 Å². The van der Waals surface area contributed by atoms with E-state index >= 15 is 0 Å². The molecule has 1 aromatic rings. The van der Waals surface area contributed by atoms with Gasteiger partial charge in [-0.2, -0.15) is 0 Å². The number of benzene rings is 1. The van der Waals surface area contributed by atoms with E-state index in [1.807, 2.05) is 0 Å². The van der Waals surface area contributed by atoms with Gasteiger partial charge in [0, 0.05) is 51.9 Å². The Labute approximate surface area is 210 Å². The van der Waals surface area contributed by atoms with Gasteiger partial charge in [0.15, 0.2) is 5.96 Å². The fourth-order valence-corrected chi connectivity index (χ4v) is 4.88. The van der Waals surface area contributed by atoms with Crippen LogP contribution in [0.2, 0.25) is 0 Å². The largest absolute Gasteiger partial charge is 0.379 e. The Morgan fingerprint density at radius 2 is 1.69 bits per heavy atom. The summed E-state index contributed by atoms with van der Waals surface area (Å²) in [6, 6.07) is 9.86. The van der Waals surface area contributed by atoms with Gasteiger partial charge in [0.25, 0.3) is 0 Å². The Morgan fingerprint density at radius 1 is 1.03 bits per heavy atom. The van der Waals surface area contributed by atoms with Crippen molar-refractivity contribution in [3.05, 3.63) is 35.4 Å². The van der Waals surface area contributed by atoms with Crippen LogP contribution < -0.4 is 5.32 Å². The molecule has 3 aliphatic heterocycles. The predicted octanol–water partition coefficient (Wildman–Crippen LogP) is 2.36. The lowest BCUT2D eigenvalue weighted by atomic mass is 10.0. The molecule has 2 unspecified atom stereocenters. The summed E-state index contributed by atoms with van der Waals surface area (Å²) in [6.07, 6.45) is 1.20. The second-order valence-corrected chi connectivity index (χ2v) is 8.81. The van der Waals surface area contributed by atoms with Crippen LogP contribution in [0.1, 0.15) is 30.5 Å². The van der Waals surface area contributed by atoms with Gasteiger partial charge in [0.1, 0.15) is 0 Å². The number of rotatable bonds is 6. The van der Waals surface area contributed by atoms with E-state index in [1.165, 1.54) is 17.5 Å². The molecule has 0 spiro atoms. The van der Waals surface area contributed by atoms with Crippen LogP contribution in [-0.4, -0.2) is 105 Å². The molecule has 0 aliphatic carbocycles. The molecule has 2 atom stereocenters. The summed E-state index contributed by atoms with van der Waals surface area (Å²) in [5, 5.41) is 3.56. The fraction of sp³-hybridized carbons (Fsp3) is 0.708. The van der Waals surface area contributed by atoms with Gasteiger partial charge in [-0.3, -0.25) is 14.8 Å². The average molecular weight is 558 g/mol. The Bertz CT molecular complexity index is 705. The molecule has 0 saturated carbocycles. The first kappa shape index (κ1) is 25.7. The molecule has 7 nitrogen and oxygen atoms in total. The minimum atomic E-state index is 0. The van der Waals surface area contributed by atoms with Gasteiger partial charge in [-0.1, -0.05) is 29.8 Å². The highest BCUT2D eigenvalue weighted by Crippen LogP contribution is 2.24. The number of morpholine rings is 2. The van der Waals surface area contributed by atoms with Crippen molar-refractivity contribution in [3.8, 4) is 0 Å².